The molecule has 2 atom stereocenters. The van der Waals surface area contributed by atoms with Crippen LogP contribution in [0.3, 0.4) is 0 Å². The third-order valence-corrected chi connectivity index (χ3v) is 6.04. The summed E-state index contributed by atoms with van der Waals surface area (Å²) in [5.74, 6) is 0.875. The molecule has 6 heteroatoms. The van der Waals surface area contributed by atoms with E-state index < -0.39 is 0 Å². The number of hydrogen-bond donors (Lipinski definition) is 1. The molecule has 1 aromatic rings. The molecule has 24 heavy (non-hydrogen) atoms. The standard InChI is InChI=1S/C18H25N3O2S/c1-24-17-5-3-2-4-14(17)19-18(22)21-11-15-16(12-21)23-9-8-20(15)10-13-6-7-13/h2-5,13,15-16H,6-12H2,1H3,(H,19,22)/t15-,16-/m0/s1. The lowest BCUT2D eigenvalue weighted by Crippen LogP contribution is -2.51. The largest absolute Gasteiger partial charge is 0.373 e. The van der Waals surface area contributed by atoms with Crippen LogP contribution < -0.4 is 5.32 Å². The van der Waals surface area contributed by atoms with Crippen LogP contribution in [-0.2, 0) is 4.74 Å². The molecule has 2 aliphatic heterocycles. The minimum Gasteiger partial charge on any atom is -0.373 e. The molecule has 3 aliphatic rings. The third kappa shape index (κ3) is 3.41. The zero-order valence-corrected chi connectivity index (χ0v) is 14.9. The van der Waals surface area contributed by atoms with Crippen LogP contribution in [0.4, 0.5) is 10.5 Å². The van der Waals surface area contributed by atoms with Gasteiger partial charge in [-0.3, -0.25) is 4.90 Å². The summed E-state index contributed by atoms with van der Waals surface area (Å²) in [6.45, 7) is 4.43. The maximum atomic E-state index is 12.7. The molecule has 1 aromatic carbocycles. The van der Waals surface area contributed by atoms with Crippen molar-refractivity contribution in [3.8, 4) is 0 Å². The number of para-hydroxylation sites is 1. The average molecular weight is 347 g/mol. The van der Waals surface area contributed by atoms with Crippen LogP contribution in [0.5, 0.6) is 0 Å². The van der Waals surface area contributed by atoms with Gasteiger partial charge in [0.25, 0.3) is 0 Å². The number of carbonyl (C=O) groups is 1. The van der Waals surface area contributed by atoms with Crippen LogP contribution in [0.25, 0.3) is 0 Å². The molecule has 1 N–H and O–H groups in total. The fraction of sp³-hybridized carbons (Fsp3) is 0.611. The second-order valence-corrected chi connectivity index (χ2v) is 7.80. The van der Waals surface area contributed by atoms with Crippen LogP contribution in [0, 0.1) is 5.92 Å². The van der Waals surface area contributed by atoms with Gasteiger partial charge in [0.15, 0.2) is 0 Å². The number of nitrogens with one attached hydrogen (secondary N) is 1. The summed E-state index contributed by atoms with van der Waals surface area (Å²) in [7, 11) is 0. The molecule has 0 spiro atoms. The molecule has 4 rings (SSSR count). The van der Waals surface area contributed by atoms with Crippen LogP contribution in [0.2, 0.25) is 0 Å². The number of ether oxygens (including phenoxy) is 1. The Kier molecular flexibility index (Phi) is 4.70. The van der Waals surface area contributed by atoms with E-state index in [1.807, 2.05) is 35.4 Å². The minimum absolute atomic E-state index is 0.0131. The maximum absolute atomic E-state index is 12.7. The molecule has 5 nitrogen and oxygen atoms in total. The highest BCUT2D eigenvalue weighted by molar-refractivity contribution is 7.98. The monoisotopic (exact) mass is 347 g/mol. The number of carbonyl (C=O) groups excluding carboxylic acids is 1. The fourth-order valence-electron chi connectivity index (χ4n) is 3.73. The van der Waals surface area contributed by atoms with Gasteiger partial charge in [-0.25, -0.2) is 4.79 Å². The molecule has 1 saturated carbocycles. The summed E-state index contributed by atoms with van der Waals surface area (Å²) >= 11 is 1.65. The van der Waals surface area contributed by atoms with Gasteiger partial charge in [0, 0.05) is 24.5 Å². The molecule has 130 valence electrons. The lowest BCUT2D eigenvalue weighted by molar-refractivity contribution is -0.0484. The number of morpholine rings is 1. The first-order chi connectivity index (χ1) is 11.7. The van der Waals surface area contributed by atoms with Crippen molar-refractivity contribution in [1.29, 1.82) is 0 Å². The van der Waals surface area contributed by atoms with E-state index in [1.165, 1.54) is 19.4 Å². The molecule has 0 bridgehead atoms. The normalized spacial score (nSPS) is 27.1. The molecule has 2 heterocycles. The summed E-state index contributed by atoms with van der Waals surface area (Å²) < 4.78 is 5.94. The number of likely N-dealkylation sites (tertiary alicyclic amines) is 1. The molecule has 2 saturated heterocycles. The Morgan fingerprint density at radius 3 is 2.96 bits per heavy atom. The number of rotatable bonds is 4. The smallest absolute Gasteiger partial charge is 0.322 e. The van der Waals surface area contributed by atoms with Crippen molar-refractivity contribution in [2.75, 3.05) is 44.4 Å². The SMILES string of the molecule is CSc1ccccc1NC(=O)N1C[C@@H]2OCCN(CC3CC3)[C@H]2C1. The van der Waals surface area contributed by atoms with Crippen LogP contribution in [0.1, 0.15) is 12.8 Å². The zero-order valence-electron chi connectivity index (χ0n) is 14.1. The Morgan fingerprint density at radius 1 is 1.33 bits per heavy atom. The highest BCUT2D eigenvalue weighted by atomic mass is 32.2. The van der Waals surface area contributed by atoms with Gasteiger partial charge in [-0.05, 0) is 37.1 Å². The molecular weight excluding hydrogens is 322 g/mol. The number of urea groups is 1. The van der Waals surface area contributed by atoms with Gasteiger partial charge in [0.1, 0.15) is 0 Å². The van der Waals surface area contributed by atoms with E-state index >= 15 is 0 Å². The van der Waals surface area contributed by atoms with E-state index in [2.05, 4.69) is 10.2 Å². The Labute approximate surface area is 147 Å². The molecule has 3 fully saturated rings. The van der Waals surface area contributed by atoms with Gasteiger partial charge in [-0.1, -0.05) is 12.1 Å². The third-order valence-electron chi connectivity index (χ3n) is 5.24. The van der Waals surface area contributed by atoms with Crippen molar-refractivity contribution < 1.29 is 9.53 Å². The van der Waals surface area contributed by atoms with Crippen molar-refractivity contribution in [2.24, 2.45) is 5.92 Å². The quantitative estimate of drug-likeness (QED) is 0.851. The van der Waals surface area contributed by atoms with E-state index in [-0.39, 0.29) is 12.1 Å². The fourth-order valence-corrected chi connectivity index (χ4v) is 4.28. The number of thioether (sulfide) groups is 1. The number of nitrogens with zero attached hydrogens (tertiary/aromatic N) is 2. The van der Waals surface area contributed by atoms with Crippen molar-refractivity contribution >= 4 is 23.5 Å². The Hall–Kier alpha value is -1.24. The first-order valence-corrected chi connectivity index (χ1v) is 10.0. The predicted molar refractivity (Wildman–Crippen MR) is 96.6 cm³/mol. The summed E-state index contributed by atoms with van der Waals surface area (Å²) in [6.07, 6.45) is 4.92. The summed E-state index contributed by atoms with van der Waals surface area (Å²) in [5, 5.41) is 3.07. The van der Waals surface area contributed by atoms with Crippen LogP contribution >= 0.6 is 11.8 Å². The van der Waals surface area contributed by atoms with Crippen LogP contribution in [-0.4, -0.2) is 67.0 Å². The average Bonchev–Trinajstić information content (AvgIpc) is 3.30. The zero-order chi connectivity index (χ0) is 16.5. The lowest BCUT2D eigenvalue weighted by atomic mass is 10.1. The summed E-state index contributed by atoms with van der Waals surface area (Å²) in [5.41, 5.74) is 0.889. The number of benzene rings is 1. The van der Waals surface area contributed by atoms with E-state index in [9.17, 15) is 4.79 Å². The minimum atomic E-state index is -0.0131. The van der Waals surface area contributed by atoms with Gasteiger partial charge in [0.05, 0.1) is 31.0 Å². The molecule has 2 amide bonds. The number of fused-ring (bicyclic) bond motifs is 1. The Morgan fingerprint density at radius 2 is 2.17 bits per heavy atom. The van der Waals surface area contributed by atoms with E-state index in [0.717, 1.165) is 36.2 Å². The Bertz CT molecular complexity index is 608. The maximum Gasteiger partial charge on any atom is 0.322 e. The van der Waals surface area contributed by atoms with E-state index in [0.29, 0.717) is 12.6 Å². The molecule has 0 unspecified atom stereocenters. The lowest BCUT2D eigenvalue weighted by Gasteiger charge is -2.36. The highest BCUT2D eigenvalue weighted by Crippen LogP contribution is 2.33. The van der Waals surface area contributed by atoms with Crippen molar-refractivity contribution in [3.05, 3.63) is 24.3 Å². The van der Waals surface area contributed by atoms with E-state index in [4.69, 9.17) is 4.74 Å². The second kappa shape index (κ2) is 6.94. The van der Waals surface area contributed by atoms with Crippen LogP contribution in [0.15, 0.2) is 29.2 Å². The molecular formula is C18H25N3O2S. The number of anilines is 1. The number of amides is 2. The molecule has 0 radical (unpaired) electrons. The first-order valence-electron chi connectivity index (χ1n) is 8.79. The summed E-state index contributed by atoms with van der Waals surface area (Å²) in [6, 6.07) is 8.30. The molecule has 1 aliphatic carbocycles. The predicted octanol–water partition coefficient (Wildman–Crippen LogP) is 2.74. The van der Waals surface area contributed by atoms with Gasteiger partial charge < -0.3 is 15.0 Å². The van der Waals surface area contributed by atoms with Gasteiger partial charge in [0.2, 0.25) is 0 Å². The number of hydrogen-bond acceptors (Lipinski definition) is 4. The van der Waals surface area contributed by atoms with Gasteiger partial charge in [-0.2, -0.15) is 0 Å². The molecule has 0 aromatic heterocycles. The van der Waals surface area contributed by atoms with Crippen molar-refractivity contribution in [2.45, 2.75) is 29.9 Å². The Balaban J connectivity index is 1.40. The first kappa shape index (κ1) is 16.2. The topological polar surface area (TPSA) is 44.8 Å². The van der Waals surface area contributed by atoms with Gasteiger partial charge >= 0.3 is 6.03 Å². The van der Waals surface area contributed by atoms with Crippen molar-refractivity contribution in [1.82, 2.24) is 9.80 Å². The second-order valence-electron chi connectivity index (χ2n) is 6.95. The van der Waals surface area contributed by atoms with E-state index in [1.54, 1.807) is 11.8 Å². The van der Waals surface area contributed by atoms with Gasteiger partial charge in [-0.15, -0.1) is 11.8 Å². The van der Waals surface area contributed by atoms with Crippen molar-refractivity contribution in [3.63, 3.8) is 0 Å². The summed E-state index contributed by atoms with van der Waals surface area (Å²) in [4.78, 5) is 18.3. The highest BCUT2D eigenvalue weighted by Gasteiger charge is 2.43.